The number of amides is 1. The number of carbonyl (C=O) groups is 1. The molecule has 2 aromatic carbocycles. The average Bonchev–Trinajstić information content (AvgIpc) is 3.59. The minimum absolute atomic E-state index is 0.0410. The molecule has 1 saturated heterocycles. The lowest BCUT2D eigenvalue weighted by atomic mass is 10.0. The summed E-state index contributed by atoms with van der Waals surface area (Å²) in [6, 6.07) is 18.1. The molecule has 0 saturated carbocycles. The van der Waals surface area contributed by atoms with Crippen molar-refractivity contribution in [3.05, 3.63) is 90.5 Å². The molecule has 1 aliphatic heterocycles. The lowest BCUT2D eigenvalue weighted by molar-refractivity contribution is 0.0301. The van der Waals surface area contributed by atoms with Crippen LogP contribution >= 0.6 is 0 Å². The maximum absolute atomic E-state index is 13.1. The molecule has 0 aliphatic carbocycles. The number of hydrogen-bond donors (Lipinski definition) is 1. The lowest BCUT2D eigenvalue weighted by Gasteiger charge is -2.27. The summed E-state index contributed by atoms with van der Waals surface area (Å²) < 4.78 is 12.9. The number of fused-ring (bicyclic) bond motifs is 1. The normalized spacial score (nSPS) is 13.7. The molecule has 186 valence electrons. The molecule has 0 bridgehead atoms. The first-order valence-electron chi connectivity index (χ1n) is 12.3. The van der Waals surface area contributed by atoms with Gasteiger partial charge in [0, 0.05) is 53.8 Å². The van der Waals surface area contributed by atoms with E-state index in [1.807, 2.05) is 59.7 Å². The molecule has 37 heavy (non-hydrogen) atoms. The topological polar surface area (TPSA) is 85.3 Å². The minimum atomic E-state index is -0.0410. The Hall–Kier alpha value is -4.43. The number of aromatic amines is 1. The van der Waals surface area contributed by atoms with Gasteiger partial charge in [0.15, 0.2) is 0 Å². The monoisotopic (exact) mass is 493 g/mol. The van der Waals surface area contributed by atoms with Gasteiger partial charge in [-0.2, -0.15) is 5.10 Å². The van der Waals surface area contributed by atoms with Crippen LogP contribution < -0.4 is 4.74 Å². The summed E-state index contributed by atoms with van der Waals surface area (Å²) in [5.74, 6) is 0.506. The Morgan fingerprint density at radius 1 is 1.03 bits per heavy atom. The third kappa shape index (κ3) is 4.59. The molecule has 8 nitrogen and oxygen atoms in total. The van der Waals surface area contributed by atoms with Gasteiger partial charge in [0.2, 0.25) is 0 Å². The number of pyridine rings is 1. The number of nitrogens with one attached hydrogen (secondary N) is 1. The maximum atomic E-state index is 13.1. The number of benzene rings is 2. The predicted octanol–water partition coefficient (Wildman–Crippen LogP) is 4.62. The van der Waals surface area contributed by atoms with Crippen LogP contribution in [0.3, 0.4) is 0 Å². The van der Waals surface area contributed by atoms with Crippen LogP contribution in [-0.2, 0) is 11.3 Å². The fraction of sp³-hybridized carbons (Fsp3) is 0.207. The molecule has 3 aromatic heterocycles. The van der Waals surface area contributed by atoms with Gasteiger partial charge in [-0.15, -0.1) is 0 Å². The van der Waals surface area contributed by atoms with Crippen molar-refractivity contribution in [1.29, 1.82) is 0 Å². The van der Waals surface area contributed by atoms with Crippen LogP contribution in [0.1, 0.15) is 15.9 Å². The molecule has 1 amide bonds. The standard InChI is InChI=1S/C29H27N5O3/c1-36-27-14-21(7-8-24(27)29(35)33-9-11-37-12-10-33)22-13-25-26(17-31-28(25)30-15-22)23-16-32-34(19-23)18-20-5-3-2-4-6-20/h2-8,13-17,19H,9-12,18H2,1H3,(H,30,31). The Morgan fingerprint density at radius 3 is 2.68 bits per heavy atom. The van der Waals surface area contributed by atoms with E-state index >= 15 is 0 Å². The summed E-state index contributed by atoms with van der Waals surface area (Å²) in [6.07, 6.45) is 7.74. The van der Waals surface area contributed by atoms with Crippen LogP contribution in [0.4, 0.5) is 0 Å². The van der Waals surface area contributed by atoms with E-state index in [0.717, 1.165) is 33.3 Å². The molecule has 0 unspecified atom stereocenters. The second-order valence-corrected chi connectivity index (χ2v) is 9.05. The summed E-state index contributed by atoms with van der Waals surface area (Å²) >= 11 is 0. The number of rotatable bonds is 6. The molecule has 0 atom stereocenters. The molecule has 4 heterocycles. The molecule has 0 radical (unpaired) electrons. The maximum Gasteiger partial charge on any atom is 0.257 e. The van der Waals surface area contributed by atoms with Crippen molar-refractivity contribution in [1.82, 2.24) is 24.6 Å². The van der Waals surface area contributed by atoms with E-state index in [4.69, 9.17) is 9.47 Å². The first-order chi connectivity index (χ1) is 18.2. The Kier molecular flexibility index (Phi) is 6.16. The van der Waals surface area contributed by atoms with E-state index in [1.165, 1.54) is 5.56 Å². The molecule has 5 aromatic rings. The third-order valence-corrected chi connectivity index (χ3v) is 6.73. The van der Waals surface area contributed by atoms with Crippen molar-refractivity contribution >= 4 is 16.9 Å². The Bertz CT molecular complexity index is 1550. The number of carbonyl (C=O) groups excluding carboxylic acids is 1. The van der Waals surface area contributed by atoms with Gasteiger partial charge in [0.1, 0.15) is 11.4 Å². The molecule has 6 rings (SSSR count). The highest BCUT2D eigenvalue weighted by Crippen LogP contribution is 2.33. The molecular formula is C29H27N5O3. The van der Waals surface area contributed by atoms with Crippen LogP contribution in [0.5, 0.6) is 5.75 Å². The first kappa shape index (κ1) is 23.0. The van der Waals surface area contributed by atoms with Gasteiger partial charge >= 0.3 is 0 Å². The van der Waals surface area contributed by atoms with Crippen molar-refractivity contribution < 1.29 is 14.3 Å². The van der Waals surface area contributed by atoms with Crippen LogP contribution in [-0.4, -0.2) is 64.0 Å². The molecule has 1 fully saturated rings. The molecule has 8 heteroatoms. The summed E-state index contributed by atoms with van der Waals surface area (Å²) in [7, 11) is 1.59. The highest BCUT2D eigenvalue weighted by atomic mass is 16.5. The zero-order valence-corrected chi connectivity index (χ0v) is 20.6. The van der Waals surface area contributed by atoms with Gasteiger partial charge in [0.25, 0.3) is 5.91 Å². The highest BCUT2D eigenvalue weighted by Gasteiger charge is 2.22. The quantitative estimate of drug-likeness (QED) is 0.373. The zero-order chi connectivity index (χ0) is 25.2. The van der Waals surface area contributed by atoms with Crippen LogP contribution in [0.25, 0.3) is 33.3 Å². The summed E-state index contributed by atoms with van der Waals surface area (Å²) in [5.41, 5.74) is 6.48. The summed E-state index contributed by atoms with van der Waals surface area (Å²) in [5, 5.41) is 5.57. The molecular weight excluding hydrogens is 466 g/mol. The van der Waals surface area contributed by atoms with Gasteiger partial charge < -0.3 is 19.4 Å². The van der Waals surface area contributed by atoms with Gasteiger partial charge in [0.05, 0.1) is 38.6 Å². The second kappa shape index (κ2) is 9.91. The Labute approximate surface area is 214 Å². The smallest absolute Gasteiger partial charge is 0.257 e. The average molecular weight is 494 g/mol. The third-order valence-electron chi connectivity index (χ3n) is 6.73. The van der Waals surface area contributed by atoms with Crippen molar-refractivity contribution in [2.24, 2.45) is 0 Å². The van der Waals surface area contributed by atoms with Crippen molar-refractivity contribution in [3.8, 4) is 28.0 Å². The molecule has 1 aliphatic rings. The highest BCUT2D eigenvalue weighted by molar-refractivity contribution is 5.99. The van der Waals surface area contributed by atoms with E-state index in [2.05, 4.69) is 39.5 Å². The Balaban J connectivity index is 1.30. The second-order valence-electron chi connectivity index (χ2n) is 9.05. The number of hydrogen-bond acceptors (Lipinski definition) is 5. The number of morpholine rings is 1. The van der Waals surface area contributed by atoms with E-state index in [1.54, 1.807) is 12.0 Å². The van der Waals surface area contributed by atoms with Gasteiger partial charge in [-0.1, -0.05) is 36.4 Å². The van der Waals surface area contributed by atoms with E-state index in [-0.39, 0.29) is 5.91 Å². The fourth-order valence-electron chi connectivity index (χ4n) is 4.74. The van der Waals surface area contributed by atoms with Gasteiger partial charge in [-0.25, -0.2) is 4.98 Å². The molecule has 0 spiro atoms. The summed E-state index contributed by atoms with van der Waals surface area (Å²) in [4.78, 5) is 22.8. The largest absolute Gasteiger partial charge is 0.496 e. The van der Waals surface area contributed by atoms with E-state index in [0.29, 0.717) is 44.2 Å². The van der Waals surface area contributed by atoms with Crippen LogP contribution in [0, 0.1) is 0 Å². The molecule has 1 N–H and O–H groups in total. The fourth-order valence-corrected chi connectivity index (χ4v) is 4.74. The van der Waals surface area contributed by atoms with E-state index < -0.39 is 0 Å². The van der Waals surface area contributed by atoms with Crippen molar-refractivity contribution in [3.63, 3.8) is 0 Å². The van der Waals surface area contributed by atoms with Gasteiger partial charge in [-0.3, -0.25) is 9.48 Å². The Morgan fingerprint density at radius 2 is 1.86 bits per heavy atom. The zero-order valence-electron chi connectivity index (χ0n) is 20.6. The van der Waals surface area contributed by atoms with Gasteiger partial charge in [-0.05, 0) is 29.3 Å². The number of ether oxygens (including phenoxy) is 2. The number of methoxy groups -OCH3 is 1. The number of H-pyrrole nitrogens is 1. The van der Waals surface area contributed by atoms with Crippen molar-refractivity contribution in [2.75, 3.05) is 33.4 Å². The van der Waals surface area contributed by atoms with E-state index in [9.17, 15) is 4.79 Å². The van der Waals surface area contributed by atoms with Crippen molar-refractivity contribution in [2.45, 2.75) is 6.54 Å². The lowest BCUT2D eigenvalue weighted by Crippen LogP contribution is -2.40. The SMILES string of the molecule is COc1cc(-c2cnc3[nH]cc(-c4cnn(Cc5ccccc5)c4)c3c2)ccc1C(=O)N1CCOCC1. The van der Waals surface area contributed by atoms with Crippen LogP contribution in [0.15, 0.2) is 79.4 Å². The predicted molar refractivity (Wildman–Crippen MR) is 142 cm³/mol. The first-order valence-corrected chi connectivity index (χ1v) is 12.3. The number of nitrogens with zero attached hydrogens (tertiary/aromatic N) is 4. The van der Waals surface area contributed by atoms with Crippen LogP contribution in [0.2, 0.25) is 0 Å². The minimum Gasteiger partial charge on any atom is -0.496 e. The number of aromatic nitrogens is 4. The summed E-state index contributed by atoms with van der Waals surface area (Å²) in [6.45, 7) is 3.00.